The predicted octanol–water partition coefficient (Wildman–Crippen LogP) is 3.41. The highest BCUT2D eigenvalue weighted by molar-refractivity contribution is 5.96. The molecule has 0 bridgehead atoms. The maximum Gasteiger partial charge on any atom is 0.311 e. The summed E-state index contributed by atoms with van der Waals surface area (Å²) in [5, 5.41) is 14.1. The molecule has 25 heavy (non-hydrogen) atoms. The lowest BCUT2D eigenvalue weighted by atomic mass is 9.95. The van der Waals surface area contributed by atoms with Crippen molar-refractivity contribution in [3.8, 4) is 5.75 Å². The molecule has 0 saturated heterocycles. The monoisotopic (exact) mass is 348 g/mol. The van der Waals surface area contributed by atoms with Crippen molar-refractivity contribution in [3.05, 3.63) is 33.9 Å². The Kier molecular flexibility index (Phi) is 6.91. The molecule has 0 aliphatic heterocycles. The van der Waals surface area contributed by atoms with Crippen molar-refractivity contribution >= 4 is 17.4 Å². The number of nitrogens with zero attached hydrogens (tertiary/aromatic N) is 1. The first-order valence-corrected chi connectivity index (χ1v) is 8.75. The van der Waals surface area contributed by atoms with Crippen LogP contribution in [0.25, 0.3) is 0 Å². The van der Waals surface area contributed by atoms with Crippen molar-refractivity contribution in [2.24, 2.45) is 0 Å². The number of nitro benzene ring substituents is 1. The summed E-state index contributed by atoms with van der Waals surface area (Å²) in [6.07, 6.45) is 6.32. The molecule has 0 heterocycles. The van der Waals surface area contributed by atoms with Gasteiger partial charge >= 0.3 is 5.69 Å². The molecule has 7 nitrogen and oxygen atoms in total. The minimum absolute atomic E-state index is 0.00292. The van der Waals surface area contributed by atoms with E-state index in [1.165, 1.54) is 24.6 Å². The zero-order valence-electron chi connectivity index (χ0n) is 14.5. The van der Waals surface area contributed by atoms with E-state index in [-0.39, 0.29) is 41.3 Å². The number of nitro groups is 1. The third kappa shape index (κ3) is 5.55. The maximum atomic E-state index is 12.0. The van der Waals surface area contributed by atoms with Gasteiger partial charge < -0.3 is 10.1 Å². The van der Waals surface area contributed by atoms with E-state index in [0.29, 0.717) is 12.8 Å². The first-order valence-electron chi connectivity index (χ1n) is 8.75. The van der Waals surface area contributed by atoms with Crippen molar-refractivity contribution in [2.75, 3.05) is 6.61 Å². The Balaban J connectivity index is 1.99. The van der Waals surface area contributed by atoms with E-state index in [0.717, 1.165) is 25.7 Å². The van der Waals surface area contributed by atoms with Gasteiger partial charge in [-0.15, -0.1) is 0 Å². The molecule has 0 aromatic heterocycles. The summed E-state index contributed by atoms with van der Waals surface area (Å²) in [6, 6.07) is 4.26. The number of hydrogen-bond donors (Lipinski definition) is 1. The maximum absolute atomic E-state index is 12.0. The molecular weight excluding hydrogens is 324 g/mol. The van der Waals surface area contributed by atoms with E-state index in [9.17, 15) is 19.7 Å². The number of rotatable bonds is 8. The number of carbonyl (C=O) groups excluding carboxylic acids is 2. The van der Waals surface area contributed by atoms with Gasteiger partial charge in [-0.05, 0) is 31.4 Å². The molecule has 0 unspecified atom stereocenters. The van der Waals surface area contributed by atoms with Crippen LogP contribution in [0.15, 0.2) is 18.2 Å². The molecule has 1 aliphatic rings. The smallest absolute Gasteiger partial charge is 0.311 e. The van der Waals surface area contributed by atoms with E-state index < -0.39 is 4.92 Å². The topological polar surface area (TPSA) is 98.5 Å². The molecule has 0 atom stereocenters. The third-order valence-electron chi connectivity index (χ3n) is 4.28. The Morgan fingerprint density at radius 1 is 1.28 bits per heavy atom. The Morgan fingerprint density at radius 3 is 2.64 bits per heavy atom. The molecule has 7 heteroatoms. The van der Waals surface area contributed by atoms with Crippen molar-refractivity contribution in [1.82, 2.24) is 5.32 Å². The number of amides is 1. The van der Waals surface area contributed by atoms with E-state index in [1.807, 2.05) is 6.92 Å². The number of benzene rings is 1. The van der Waals surface area contributed by atoms with Gasteiger partial charge in [-0.3, -0.25) is 19.7 Å². The zero-order valence-corrected chi connectivity index (χ0v) is 14.5. The summed E-state index contributed by atoms with van der Waals surface area (Å²) in [6.45, 7) is 1.59. The molecule has 136 valence electrons. The highest BCUT2D eigenvalue weighted by Crippen LogP contribution is 2.28. The molecule has 2 rings (SSSR count). The molecule has 1 amide bonds. The molecule has 1 fully saturated rings. The van der Waals surface area contributed by atoms with Crippen LogP contribution in [0.1, 0.15) is 62.2 Å². The fraction of sp³-hybridized carbons (Fsp3) is 0.556. The molecule has 0 spiro atoms. The van der Waals surface area contributed by atoms with Gasteiger partial charge in [-0.1, -0.05) is 26.2 Å². The van der Waals surface area contributed by atoms with Crippen LogP contribution >= 0.6 is 0 Å². The van der Waals surface area contributed by atoms with Crippen molar-refractivity contribution in [2.45, 2.75) is 57.9 Å². The predicted molar refractivity (Wildman–Crippen MR) is 92.8 cm³/mol. The fourth-order valence-corrected chi connectivity index (χ4v) is 2.99. The molecule has 1 saturated carbocycles. The summed E-state index contributed by atoms with van der Waals surface area (Å²) in [7, 11) is 0. The van der Waals surface area contributed by atoms with E-state index in [1.54, 1.807) is 0 Å². The van der Waals surface area contributed by atoms with Crippen LogP contribution in [-0.4, -0.2) is 29.3 Å². The second-order valence-corrected chi connectivity index (χ2v) is 6.30. The number of ketones is 1. The van der Waals surface area contributed by atoms with Crippen LogP contribution in [-0.2, 0) is 4.79 Å². The summed E-state index contributed by atoms with van der Waals surface area (Å²) in [5.41, 5.74) is -0.0139. The summed E-state index contributed by atoms with van der Waals surface area (Å²) < 4.78 is 5.33. The van der Waals surface area contributed by atoms with Crippen molar-refractivity contribution in [1.29, 1.82) is 0 Å². The third-order valence-corrected chi connectivity index (χ3v) is 4.28. The minimum atomic E-state index is -0.600. The van der Waals surface area contributed by atoms with E-state index in [2.05, 4.69) is 5.32 Å². The Hall–Kier alpha value is -2.44. The molecule has 1 aromatic rings. The number of carbonyl (C=O) groups is 2. The average Bonchev–Trinajstić information content (AvgIpc) is 2.60. The van der Waals surface area contributed by atoms with Crippen LogP contribution in [0.2, 0.25) is 0 Å². The lowest BCUT2D eigenvalue weighted by Gasteiger charge is -2.22. The van der Waals surface area contributed by atoms with Crippen LogP contribution in [0.4, 0.5) is 5.69 Å². The average molecular weight is 348 g/mol. The van der Waals surface area contributed by atoms with E-state index in [4.69, 9.17) is 4.74 Å². The lowest BCUT2D eigenvalue weighted by Crippen LogP contribution is -2.39. The van der Waals surface area contributed by atoms with Gasteiger partial charge in [-0.2, -0.15) is 0 Å². The van der Waals surface area contributed by atoms with Crippen LogP contribution in [0.5, 0.6) is 5.75 Å². The summed E-state index contributed by atoms with van der Waals surface area (Å²) in [4.78, 5) is 34.5. The van der Waals surface area contributed by atoms with Crippen LogP contribution < -0.4 is 10.1 Å². The highest BCUT2D eigenvalue weighted by atomic mass is 16.6. The van der Waals surface area contributed by atoms with Gasteiger partial charge in [0.1, 0.15) is 0 Å². The van der Waals surface area contributed by atoms with Gasteiger partial charge in [0, 0.05) is 24.1 Å². The van der Waals surface area contributed by atoms with Crippen LogP contribution in [0.3, 0.4) is 0 Å². The van der Waals surface area contributed by atoms with Crippen LogP contribution in [0, 0.1) is 10.1 Å². The minimum Gasteiger partial charge on any atom is -0.477 e. The largest absolute Gasteiger partial charge is 0.477 e. The molecule has 1 aromatic carbocycles. The van der Waals surface area contributed by atoms with Crippen molar-refractivity contribution < 1.29 is 19.2 Å². The van der Waals surface area contributed by atoms with Gasteiger partial charge in [0.15, 0.2) is 18.1 Å². The molecule has 1 aliphatic carbocycles. The quantitative estimate of drug-likeness (QED) is 0.441. The first kappa shape index (κ1) is 18.9. The van der Waals surface area contributed by atoms with Gasteiger partial charge in [0.2, 0.25) is 0 Å². The second-order valence-electron chi connectivity index (χ2n) is 6.30. The molecule has 1 N–H and O–H groups in total. The SMILES string of the molecule is CCCC(=O)c1ccc(OCC(=O)NC2CCCCC2)c([N+](=O)[O-])c1. The summed E-state index contributed by atoms with van der Waals surface area (Å²) in [5.74, 6) is -0.434. The molecular formula is C18H24N2O5. The molecule has 0 radical (unpaired) electrons. The second kappa shape index (κ2) is 9.15. The standard InChI is InChI=1S/C18H24N2O5/c1-2-6-16(21)13-9-10-17(15(11-13)20(23)24)25-12-18(22)19-14-7-4-3-5-8-14/h9-11,14H,2-8,12H2,1H3,(H,19,22). The highest BCUT2D eigenvalue weighted by Gasteiger charge is 2.20. The fourth-order valence-electron chi connectivity index (χ4n) is 2.99. The normalized spacial score (nSPS) is 14.8. The zero-order chi connectivity index (χ0) is 18.2. The Bertz CT molecular complexity index is 638. The van der Waals surface area contributed by atoms with Gasteiger partial charge in [-0.25, -0.2) is 0 Å². The number of hydrogen-bond acceptors (Lipinski definition) is 5. The first-order chi connectivity index (χ1) is 12.0. The Labute approximate surface area is 146 Å². The lowest BCUT2D eigenvalue weighted by molar-refractivity contribution is -0.385. The number of ether oxygens (including phenoxy) is 1. The van der Waals surface area contributed by atoms with E-state index >= 15 is 0 Å². The summed E-state index contributed by atoms with van der Waals surface area (Å²) >= 11 is 0. The number of nitrogens with one attached hydrogen (secondary N) is 1. The van der Waals surface area contributed by atoms with Gasteiger partial charge in [0.05, 0.1) is 4.92 Å². The van der Waals surface area contributed by atoms with Crippen molar-refractivity contribution in [3.63, 3.8) is 0 Å². The van der Waals surface area contributed by atoms with Gasteiger partial charge in [0.25, 0.3) is 5.91 Å². The number of Topliss-reactive ketones (excluding diaryl/α,β-unsaturated/α-hetero) is 1. The Morgan fingerprint density at radius 2 is 2.00 bits per heavy atom.